The highest BCUT2D eigenvalue weighted by Crippen LogP contribution is 2.32. The molecule has 3 nitrogen and oxygen atoms in total. The molecule has 1 fully saturated rings. The molecule has 0 spiro atoms. The molecule has 1 amide bonds. The van der Waals surface area contributed by atoms with Crippen molar-refractivity contribution in [2.24, 2.45) is 5.92 Å². The van der Waals surface area contributed by atoms with Crippen LogP contribution in [0.4, 0.5) is 8.78 Å². The SMILES string of the molecule is Cc1ccsc1CNC(=O)CN1CCC(F)(F)C(C)C1. The van der Waals surface area contributed by atoms with E-state index in [0.717, 1.165) is 4.88 Å². The van der Waals surface area contributed by atoms with Crippen LogP contribution in [0.15, 0.2) is 11.4 Å². The lowest BCUT2D eigenvalue weighted by Crippen LogP contribution is -2.48. The molecule has 1 aromatic heterocycles. The highest BCUT2D eigenvalue weighted by atomic mass is 32.1. The molecule has 1 aliphatic rings. The molecule has 1 aliphatic heterocycles. The lowest BCUT2D eigenvalue weighted by Gasteiger charge is -2.36. The summed E-state index contributed by atoms with van der Waals surface area (Å²) >= 11 is 1.61. The summed E-state index contributed by atoms with van der Waals surface area (Å²) in [6.07, 6.45) is -0.161. The van der Waals surface area contributed by atoms with Crippen LogP contribution >= 0.6 is 11.3 Å². The van der Waals surface area contributed by atoms with Gasteiger partial charge in [-0.25, -0.2) is 8.78 Å². The molecule has 1 atom stereocenters. The number of nitrogens with zero attached hydrogens (tertiary/aromatic N) is 1. The minimum absolute atomic E-state index is 0.102. The molecule has 1 saturated heterocycles. The highest BCUT2D eigenvalue weighted by molar-refractivity contribution is 7.10. The number of halogens is 2. The van der Waals surface area contributed by atoms with E-state index < -0.39 is 11.8 Å². The van der Waals surface area contributed by atoms with Gasteiger partial charge in [0, 0.05) is 30.3 Å². The Balaban J connectivity index is 1.77. The van der Waals surface area contributed by atoms with Gasteiger partial charge in [-0.15, -0.1) is 11.3 Å². The molecule has 112 valence electrons. The first-order valence-electron chi connectivity index (χ1n) is 6.78. The van der Waals surface area contributed by atoms with Gasteiger partial charge < -0.3 is 5.32 Å². The van der Waals surface area contributed by atoms with Gasteiger partial charge in [0.25, 0.3) is 5.92 Å². The molecule has 2 rings (SSSR count). The van der Waals surface area contributed by atoms with Crippen molar-refractivity contribution in [1.29, 1.82) is 0 Å². The van der Waals surface area contributed by atoms with Gasteiger partial charge in [0.2, 0.25) is 5.91 Å². The number of rotatable bonds is 4. The van der Waals surface area contributed by atoms with Gasteiger partial charge in [0.15, 0.2) is 0 Å². The van der Waals surface area contributed by atoms with E-state index in [0.29, 0.717) is 6.54 Å². The van der Waals surface area contributed by atoms with Crippen LogP contribution in [-0.4, -0.2) is 36.4 Å². The number of likely N-dealkylation sites (tertiary alicyclic amines) is 1. The second-order valence-corrected chi connectivity index (χ2v) is 6.45. The molecular weight excluding hydrogens is 282 g/mol. The molecule has 0 bridgehead atoms. The second-order valence-electron chi connectivity index (χ2n) is 5.45. The number of amides is 1. The summed E-state index contributed by atoms with van der Waals surface area (Å²) in [5, 5.41) is 4.84. The Morgan fingerprint density at radius 2 is 2.35 bits per heavy atom. The predicted octanol–water partition coefficient (Wildman–Crippen LogP) is 2.65. The molecule has 0 aromatic carbocycles. The van der Waals surface area contributed by atoms with Crippen LogP contribution < -0.4 is 5.32 Å². The van der Waals surface area contributed by atoms with Crippen molar-refractivity contribution < 1.29 is 13.6 Å². The first kappa shape index (κ1) is 15.4. The van der Waals surface area contributed by atoms with Crippen molar-refractivity contribution in [3.05, 3.63) is 21.9 Å². The quantitative estimate of drug-likeness (QED) is 0.927. The number of alkyl halides is 2. The van der Waals surface area contributed by atoms with E-state index in [1.54, 1.807) is 23.2 Å². The van der Waals surface area contributed by atoms with E-state index in [2.05, 4.69) is 5.32 Å². The van der Waals surface area contributed by atoms with Crippen LogP contribution in [0.2, 0.25) is 0 Å². The molecule has 1 unspecified atom stereocenters. The number of carbonyl (C=O) groups excluding carboxylic acids is 1. The lowest BCUT2D eigenvalue weighted by molar-refractivity contribution is -0.128. The van der Waals surface area contributed by atoms with E-state index in [1.807, 2.05) is 18.4 Å². The Morgan fingerprint density at radius 3 is 2.95 bits per heavy atom. The molecular formula is C14H20F2N2OS. The standard InChI is InChI=1S/C14H20F2N2OS/c1-10-3-6-20-12(10)7-17-13(19)9-18-5-4-14(15,16)11(2)8-18/h3,6,11H,4-5,7-9H2,1-2H3,(H,17,19). The molecule has 0 saturated carbocycles. The third-order valence-corrected chi connectivity index (χ3v) is 4.82. The fourth-order valence-corrected chi connectivity index (χ4v) is 3.18. The Hall–Kier alpha value is -1.01. The van der Waals surface area contributed by atoms with Crippen LogP contribution in [0.3, 0.4) is 0 Å². The molecule has 6 heteroatoms. The highest BCUT2D eigenvalue weighted by Gasteiger charge is 2.41. The fourth-order valence-electron chi connectivity index (χ4n) is 2.33. The van der Waals surface area contributed by atoms with Gasteiger partial charge in [-0.2, -0.15) is 0 Å². The predicted molar refractivity (Wildman–Crippen MR) is 76.1 cm³/mol. The van der Waals surface area contributed by atoms with E-state index in [4.69, 9.17) is 0 Å². The molecule has 0 radical (unpaired) electrons. The minimum Gasteiger partial charge on any atom is -0.350 e. The maximum absolute atomic E-state index is 13.4. The molecule has 20 heavy (non-hydrogen) atoms. The van der Waals surface area contributed by atoms with Crippen LogP contribution in [0.1, 0.15) is 23.8 Å². The van der Waals surface area contributed by atoms with E-state index >= 15 is 0 Å². The zero-order valence-corrected chi connectivity index (χ0v) is 12.6. The topological polar surface area (TPSA) is 32.3 Å². The summed E-state index contributed by atoms with van der Waals surface area (Å²) in [5.74, 6) is -3.39. The van der Waals surface area contributed by atoms with Gasteiger partial charge in [0.05, 0.1) is 13.1 Å². The Labute approximate surface area is 122 Å². The average Bonchev–Trinajstić information content (AvgIpc) is 2.77. The zero-order chi connectivity index (χ0) is 14.8. The summed E-state index contributed by atoms with van der Waals surface area (Å²) in [4.78, 5) is 14.8. The van der Waals surface area contributed by atoms with Crippen molar-refractivity contribution in [1.82, 2.24) is 10.2 Å². The minimum atomic E-state index is -2.60. The van der Waals surface area contributed by atoms with Gasteiger partial charge in [-0.3, -0.25) is 9.69 Å². The van der Waals surface area contributed by atoms with Crippen LogP contribution in [0.25, 0.3) is 0 Å². The normalized spacial score (nSPS) is 22.7. The number of nitrogens with one attached hydrogen (secondary N) is 1. The summed E-state index contributed by atoms with van der Waals surface area (Å²) in [7, 11) is 0. The van der Waals surface area contributed by atoms with Crippen molar-refractivity contribution in [3.63, 3.8) is 0 Å². The molecule has 2 heterocycles. The van der Waals surface area contributed by atoms with Gasteiger partial charge in [-0.05, 0) is 23.9 Å². The van der Waals surface area contributed by atoms with Gasteiger partial charge >= 0.3 is 0 Å². The van der Waals surface area contributed by atoms with Crippen LogP contribution in [0, 0.1) is 12.8 Å². The van der Waals surface area contributed by atoms with Gasteiger partial charge in [-0.1, -0.05) is 6.92 Å². The number of hydrogen-bond donors (Lipinski definition) is 1. The Bertz CT molecular complexity index is 475. The fraction of sp³-hybridized carbons (Fsp3) is 0.643. The second kappa shape index (κ2) is 6.18. The van der Waals surface area contributed by atoms with E-state index in [1.165, 1.54) is 5.56 Å². The summed E-state index contributed by atoms with van der Waals surface area (Å²) in [5.41, 5.74) is 1.17. The zero-order valence-electron chi connectivity index (χ0n) is 11.8. The number of piperidine rings is 1. The third kappa shape index (κ3) is 3.76. The summed E-state index contributed by atoms with van der Waals surface area (Å²) in [6, 6.07) is 2.01. The Morgan fingerprint density at radius 1 is 1.60 bits per heavy atom. The van der Waals surface area contributed by atoms with E-state index in [9.17, 15) is 13.6 Å². The van der Waals surface area contributed by atoms with Gasteiger partial charge in [0.1, 0.15) is 0 Å². The summed E-state index contributed by atoms with van der Waals surface area (Å²) in [6.45, 7) is 4.82. The maximum Gasteiger partial charge on any atom is 0.253 e. The monoisotopic (exact) mass is 302 g/mol. The molecule has 0 aliphatic carbocycles. The molecule has 1 N–H and O–H groups in total. The third-order valence-electron chi connectivity index (χ3n) is 3.80. The van der Waals surface area contributed by atoms with Crippen molar-refractivity contribution in [2.45, 2.75) is 32.7 Å². The largest absolute Gasteiger partial charge is 0.350 e. The first-order valence-corrected chi connectivity index (χ1v) is 7.66. The van der Waals surface area contributed by atoms with Crippen molar-refractivity contribution in [2.75, 3.05) is 19.6 Å². The maximum atomic E-state index is 13.4. The summed E-state index contributed by atoms with van der Waals surface area (Å²) < 4.78 is 26.7. The average molecular weight is 302 g/mol. The number of hydrogen-bond acceptors (Lipinski definition) is 3. The van der Waals surface area contributed by atoms with Crippen molar-refractivity contribution >= 4 is 17.2 Å². The lowest BCUT2D eigenvalue weighted by atomic mass is 9.95. The molecule has 1 aromatic rings. The smallest absolute Gasteiger partial charge is 0.253 e. The van der Waals surface area contributed by atoms with E-state index in [-0.39, 0.29) is 32.0 Å². The van der Waals surface area contributed by atoms with Crippen molar-refractivity contribution in [3.8, 4) is 0 Å². The van der Waals surface area contributed by atoms with Crippen LogP contribution in [0.5, 0.6) is 0 Å². The Kier molecular flexibility index (Phi) is 4.75. The number of carbonyl (C=O) groups is 1. The number of aryl methyl sites for hydroxylation is 1. The number of thiophene rings is 1. The first-order chi connectivity index (χ1) is 9.38. The van der Waals surface area contributed by atoms with Crippen LogP contribution in [-0.2, 0) is 11.3 Å².